The Hall–Kier alpha value is -1.86. The highest BCUT2D eigenvalue weighted by atomic mass is 32.2. The lowest BCUT2D eigenvalue weighted by Gasteiger charge is -2.38. The molecule has 2 aliphatic heterocycles. The Morgan fingerprint density at radius 3 is 2.59 bits per heavy atom. The zero-order chi connectivity index (χ0) is 20.6. The van der Waals surface area contributed by atoms with Crippen LogP contribution in [0.25, 0.3) is 10.2 Å². The first-order valence-electron chi connectivity index (χ1n) is 9.82. The number of hydrogen-bond donors (Lipinski definition) is 0. The molecular formula is C20H25N5O2S2. The molecule has 0 aromatic carbocycles. The highest BCUT2D eigenvalue weighted by Gasteiger charge is 2.34. The zero-order valence-electron chi connectivity index (χ0n) is 16.8. The van der Waals surface area contributed by atoms with Crippen LogP contribution < -0.4 is 4.90 Å². The van der Waals surface area contributed by atoms with Crippen molar-refractivity contribution in [1.29, 1.82) is 5.26 Å². The Morgan fingerprint density at radius 2 is 1.97 bits per heavy atom. The van der Waals surface area contributed by atoms with E-state index < -0.39 is 11.4 Å². The van der Waals surface area contributed by atoms with Crippen molar-refractivity contribution in [3.63, 3.8) is 0 Å². The number of rotatable bonds is 3. The van der Waals surface area contributed by atoms with E-state index in [0.29, 0.717) is 31.7 Å². The fourth-order valence-electron chi connectivity index (χ4n) is 4.06. The lowest BCUT2D eigenvalue weighted by Crippen LogP contribution is -2.50. The molecule has 4 rings (SSSR count). The number of amides is 1. The van der Waals surface area contributed by atoms with Crippen LogP contribution >= 0.6 is 11.3 Å². The summed E-state index contributed by atoms with van der Waals surface area (Å²) in [7, 11) is 0. The fraction of sp³-hybridized carbons (Fsp3) is 0.550. The maximum Gasteiger partial charge on any atom is 0.257 e. The van der Waals surface area contributed by atoms with Crippen molar-refractivity contribution in [1.82, 2.24) is 14.2 Å². The predicted octanol–water partition coefficient (Wildman–Crippen LogP) is 2.48. The number of piperazine rings is 1. The van der Waals surface area contributed by atoms with Crippen molar-refractivity contribution >= 4 is 44.5 Å². The number of aromatic nitrogens is 1. The minimum Gasteiger partial charge on any atom is -0.598 e. The van der Waals surface area contributed by atoms with Crippen LogP contribution in [0.1, 0.15) is 30.1 Å². The summed E-state index contributed by atoms with van der Waals surface area (Å²) < 4.78 is 13.6. The highest BCUT2D eigenvalue weighted by Crippen LogP contribution is 2.38. The van der Waals surface area contributed by atoms with Gasteiger partial charge in [0.05, 0.1) is 35.8 Å². The van der Waals surface area contributed by atoms with Gasteiger partial charge in [0.2, 0.25) is 0 Å². The van der Waals surface area contributed by atoms with Crippen molar-refractivity contribution in [3.8, 4) is 6.07 Å². The summed E-state index contributed by atoms with van der Waals surface area (Å²) in [5.74, 6) is -0.0178. The quantitative estimate of drug-likeness (QED) is 0.694. The average molecular weight is 432 g/mol. The molecule has 0 spiro atoms. The van der Waals surface area contributed by atoms with E-state index in [9.17, 15) is 14.6 Å². The molecule has 0 N–H and O–H groups in total. The molecule has 9 heteroatoms. The van der Waals surface area contributed by atoms with Gasteiger partial charge in [0.15, 0.2) is 0 Å². The molecular weight excluding hydrogens is 406 g/mol. The minimum atomic E-state index is -1.00. The molecule has 1 unspecified atom stereocenters. The van der Waals surface area contributed by atoms with E-state index in [1.54, 1.807) is 23.8 Å². The van der Waals surface area contributed by atoms with E-state index in [1.165, 1.54) is 0 Å². The SMILES string of the molecule is C[S+]([O-])N1CCN(C(=O)c2cnc3sccc3c2N2CCC(C)(C#N)CC2)CC1. The summed E-state index contributed by atoms with van der Waals surface area (Å²) in [4.78, 5) is 23.0. The number of hydrogen-bond acceptors (Lipinski definition) is 7. The molecule has 0 saturated carbocycles. The normalized spacial score (nSPS) is 21.2. The number of carbonyl (C=O) groups is 1. The second-order valence-electron chi connectivity index (χ2n) is 7.96. The summed E-state index contributed by atoms with van der Waals surface area (Å²) in [5, 5.41) is 12.5. The largest absolute Gasteiger partial charge is 0.598 e. The van der Waals surface area contributed by atoms with E-state index in [-0.39, 0.29) is 11.3 Å². The van der Waals surface area contributed by atoms with E-state index in [2.05, 4.69) is 16.0 Å². The van der Waals surface area contributed by atoms with Crippen LogP contribution in [0.5, 0.6) is 0 Å². The molecule has 7 nitrogen and oxygen atoms in total. The maximum atomic E-state index is 13.4. The van der Waals surface area contributed by atoms with Crippen LogP contribution in [0.4, 0.5) is 5.69 Å². The van der Waals surface area contributed by atoms with Gasteiger partial charge >= 0.3 is 0 Å². The Bertz CT molecular complexity index is 938. The first kappa shape index (κ1) is 20.4. The highest BCUT2D eigenvalue weighted by molar-refractivity contribution is 7.88. The number of thiophene rings is 1. The third-order valence-corrected chi connectivity index (χ3v) is 7.95. The van der Waals surface area contributed by atoms with Crippen molar-refractivity contribution in [2.24, 2.45) is 5.41 Å². The van der Waals surface area contributed by atoms with Gasteiger partial charge in [-0.15, -0.1) is 15.6 Å². The second kappa shape index (κ2) is 8.11. The van der Waals surface area contributed by atoms with Gasteiger partial charge in [-0.3, -0.25) is 4.79 Å². The monoisotopic (exact) mass is 431 g/mol. The van der Waals surface area contributed by atoms with Crippen LogP contribution in [-0.2, 0) is 11.4 Å². The lowest BCUT2D eigenvalue weighted by atomic mass is 9.81. The summed E-state index contributed by atoms with van der Waals surface area (Å²) >= 11 is 0.569. The van der Waals surface area contributed by atoms with Crippen LogP contribution in [0.15, 0.2) is 17.6 Å². The van der Waals surface area contributed by atoms with Gasteiger partial charge < -0.3 is 14.4 Å². The lowest BCUT2D eigenvalue weighted by molar-refractivity contribution is 0.0698. The number of piperidine rings is 1. The predicted molar refractivity (Wildman–Crippen MR) is 116 cm³/mol. The van der Waals surface area contributed by atoms with Crippen molar-refractivity contribution < 1.29 is 9.35 Å². The Labute approximate surface area is 178 Å². The number of nitrogens with zero attached hydrogens (tertiary/aromatic N) is 5. The molecule has 2 aliphatic rings. The second-order valence-corrected chi connectivity index (χ2v) is 10.2. The summed E-state index contributed by atoms with van der Waals surface area (Å²) in [6.07, 6.45) is 4.95. The smallest absolute Gasteiger partial charge is 0.257 e. The molecule has 2 aromatic rings. The Balaban J connectivity index is 1.63. The summed E-state index contributed by atoms with van der Waals surface area (Å²) in [6, 6.07) is 4.48. The molecule has 1 amide bonds. The molecule has 154 valence electrons. The van der Waals surface area contributed by atoms with Gasteiger partial charge in [-0.05, 0) is 31.2 Å². The third kappa shape index (κ3) is 3.94. The van der Waals surface area contributed by atoms with Crippen molar-refractivity contribution in [2.45, 2.75) is 19.8 Å². The topological polar surface area (TPSA) is 86.5 Å². The van der Waals surface area contributed by atoms with Gasteiger partial charge in [-0.1, -0.05) is 0 Å². The summed E-state index contributed by atoms with van der Waals surface area (Å²) in [6.45, 7) is 5.87. The third-order valence-electron chi connectivity index (χ3n) is 6.04. The maximum absolute atomic E-state index is 13.4. The number of carbonyl (C=O) groups excluding carboxylic acids is 1. The van der Waals surface area contributed by atoms with Crippen LogP contribution in [0.2, 0.25) is 0 Å². The van der Waals surface area contributed by atoms with Gasteiger partial charge in [-0.2, -0.15) is 5.26 Å². The van der Waals surface area contributed by atoms with Gasteiger partial charge in [-0.25, -0.2) is 4.98 Å². The molecule has 1 atom stereocenters. The van der Waals surface area contributed by atoms with Crippen molar-refractivity contribution in [2.75, 3.05) is 50.4 Å². The molecule has 0 bridgehead atoms. The number of pyridine rings is 1. The average Bonchev–Trinajstić information content (AvgIpc) is 3.22. The van der Waals surface area contributed by atoms with Gasteiger partial charge in [0.1, 0.15) is 11.1 Å². The van der Waals surface area contributed by atoms with Gasteiger partial charge in [0.25, 0.3) is 5.91 Å². The standard InChI is InChI=1S/C20H25N5O2S2/c1-20(14-21)4-6-23(7-5-20)17-15-3-12-28-18(15)22-13-16(17)19(26)24-8-10-25(11-9-24)29(2)27/h3,12-13H,4-11H2,1-2H3. The van der Waals surface area contributed by atoms with Crippen LogP contribution in [-0.4, -0.2) is 70.2 Å². The number of fused-ring (bicyclic) bond motifs is 1. The zero-order valence-corrected chi connectivity index (χ0v) is 18.4. The number of nitriles is 1. The number of anilines is 1. The van der Waals surface area contributed by atoms with Crippen molar-refractivity contribution in [3.05, 3.63) is 23.2 Å². The minimum absolute atomic E-state index is 0.0178. The molecule has 2 saturated heterocycles. The first-order chi connectivity index (χ1) is 13.9. The Morgan fingerprint density at radius 1 is 1.28 bits per heavy atom. The molecule has 2 aromatic heterocycles. The first-order valence-corrected chi connectivity index (χ1v) is 12.2. The molecule has 0 aliphatic carbocycles. The fourth-order valence-corrected chi connectivity index (χ4v) is 5.48. The van der Waals surface area contributed by atoms with E-state index in [0.717, 1.165) is 41.8 Å². The van der Waals surface area contributed by atoms with Gasteiger partial charge in [0, 0.05) is 49.1 Å². The van der Waals surface area contributed by atoms with E-state index in [4.69, 9.17) is 0 Å². The molecule has 4 heterocycles. The van der Waals surface area contributed by atoms with E-state index >= 15 is 0 Å². The molecule has 2 fully saturated rings. The Kier molecular flexibility index (Phi) is 5.71. The van der Waals surface area contributed by atoms with Crippen LogP contribution in [0.3, 0.4) is 0 Å². The molecule has 29 heavy (non-hydrogen) atoms. The van der Waals surface area contributed by atoms with Crippen LogP contribution in [0, 0.1) is 16.7 Å². The van der Waals surface area contributed by atoms with E-state index in [1.807, 2.05) is 27.6 Å². The molecule has 0 radical (unpaired) electrons. The summed E-state index contributed by atoms with van der Waals surface area (Å²) in [5.41, 5.74) is 1.28.